The quantitative estimate of drug-likeness (QED) is 0.538. The van der Waals surface area contributed by atoms with Gasteiger partial charge < -0.3 is 10.4 Å². The number of hydrogen-bond acceptors (Lipinski definition) is 3. The number of rotatable bonds is 3. The molecular formula is C8H16N2O. The van der Waals surface area contributed by atoms with E-state index in [9.17, 15) is 0 Å². The molecule has 0 radical (unpaired) electrons. The topological polar surface area (TPSA) is 35.5 Å². The second kappa shape index (κ2) is 4.49. The second-order valence-electron chi connectivity index (χ2n) is 2.77. The van der Waals surface area contributed by atoms with Crippen molar-refractivity contribution in [1.29, 1.82) is 0 Å². The summed E-state index contributed by atoms with van der Waals surface area (Å²) in [5.74, 6) is 0. The van der Waals surface area contributed by atoms with Crippen molar-refractivity contribution in [2.45, 2.75) is 6.04 Å². The molecule has 0 aromatic rings. The molecule has 1 saturated heterocycles. The highest BCUT2D eigenvalue weighted by atomic mass is 16.3. The fraction of sp³-hybridized carbons (Fsp3) is 0.750. The van der Waals surface area contributed by atoms with Crippen molar-refractivity contribution in [3.63, 3.8) is 0 Å². The Morgan fingerprint density at radius 2 is 2.18 bits per heavy atom. The number of nitrogens with one attached hydrogen (secondary N) is 1. The molecule has 11 heavy (non-hydrogen) atoms. The van der Waals surface area contributed by atoms with E-state index in [4.69, 9.17) is 5.11 Å². The third-order valence-electron chi connectivity index (χ3n) is 2.08. The lowest BCUT2D eigenvalue weighted by Crippen LogP contribution is -2.48. The molecule has 0 aromatic carbocycles. The predicted molar refractivity (Wildman–Crippen MR) is 45.5 cm³/mol. The van der Waals surface area contributed by atoms with Crippen LogP contribution >= 0.6 is 0 Å². The molecule has 0 aromatic heterocycles. The average Bonchev–Trinajstić information content (AvgIpc) is 2.09. The van der Waals surface area contributed by atoms with Crippen molar-refractivity contribution >= 4 is 0 Å². The Hall–Kier alpha value is -0.380. The van der Waals surface area contributed by atoms with Gasteiger partial charge in [0.2, 0.25) is 0 Å². The molecule has 1 unspecified atom stereocenters. The van der Waals surface area contributed by atoms with E-state index in [-0.39, 0.29) is 12.6 Å². The number of aliphatic hydroxyl groups is 1. The molecule has 0 aliphatic carbocycles. The molecular weight excluding hydrogens is 140 g/mol. The minimum Gasteiger partial charge on any atom is -0.394 e. The highest BCUT2D eigenvalue weighted by Crippen LogP contribution is 2.00. The first-order valence-corrected chi connectivity index (χ1v) is 4.06. The van der Waals surface area contributed by atoms with Crippen molar-refractivity contribution in [3.05, 3.63) is 12.7 Å². The highest BCUT2D eigenvalue weighted by molar-refractivity contribution is 4.89. The van der Waals surface area contributed by atoms with Crippen LogP contribution < -0.4 is 5.32 Å². The van der Waals surface area contributed by atoms with E-state index in [0.29, 0.717) is 0 Å². The predicted octanol–water partition coefficient (Wildman–Crippen LogP) is -0.562. The van der Waals surface area contributed by atoms with Gasteiger partial charge in [-0.25, -0.2) is 0 Å². The molecule has 3 nitrogen and oxygen atoms in total. The van der Waals surface area contributed by atoms with E-state index in [2.05, 4.69) is 16.8 Å². The SMILES string of the molecule is C=CC(CO)N1CCNCC1. The highest BCUT2D eigenvalue weighted by Gasteiger charge is 2.15. The smallest absolute Gasteiger partial charge is 0.0622 e. The summed E-state index contributed by atoms with van der Waals surface area (Å²) < 4.78 is 0. The summed E-state index contributed by atoms with van der Waals surface area (Å²) in [6, 6.07) is 0.150. The van der Waals surface area contributed by atoms with Gasteiger partial charge >= 0.3 is 0 Å². The molecule has 0 spiro atoms. The number of hydrogen-bond donors (Lipinski definition) is 2. The summed E-state index contributed by atoms with van der Waals surface area (Å²) in [4.78, 5) is 2.24. The molecule has 0 bridgehead atoms. The minimum atomic E-state index is 0.150. The van der Waals surface area contributed by atoms with E-state index in [1.54, 1.807) is 0 Å². The second-order valence-corrected chi connectivity index (χ2v) is 2.77. The van der Waals surface area contributed by atoms with Crippen molar-refractivity contribution in [2.75, 3.05) is 32.8 Å². The number of piperazine rings is 1. The Balaban J connectivity index is 2.35. The first kappa shape index (κ1) is 8.71. The van der Waals surface area contributed by atoms with Crippen LogP contribution in [0, 0.1) is 0 Å². The molecule has 1 aliphatic rings. The fourth-order valence-corrected chi connectivity index (χ4v) is 1.35. The van der Waals surface area contributed by atoms with Crippen molar-refractivity contribution in [1.82, 2.24) is 10.2 Å². The van der Waals surface area contributed by atoms with Gasteiger partial charge in [-0.15, -0.1) is 6.58 Å². The van der Waals surface area contributed by atoms with Crippen molar-refractivity contribution in [3.8, 4) is 0 Å². The summed E-state index contributed by atoms with van der Waals surface area (Å²) in [5, 5.41) is 12.2. The third kappa shape index (κ3) is 2.29. The van der Waals surface area contributed by atoms with Crippen LogP contribution in [0.2, 0.25) is 0 Å². The van der Waals surface area contributed by atoms with Gasteiger partial charge in [-0.1, -0.05) is 6.08 Å². The fourth-order valence-electron chi connectivity index (χ4n) is 1.35. The number of nitrogens with zero attached hydrogens (tertiary/aromatic N) is 1. The van der Waals surface area contributed by atoms with Crippen molar-refractivity contribution in [2.24, 2.45) is 0 Å². The van der Waals surface area contributed by atoms with Gasteiger partial charge in [-0.3, -0.25) is 4.90 Å². The van der Waals surface area contributed by atoms with E-state index >= 15 is 0 Å². The molecule has 1 aliphatic heterocycles. The van der Waals surface area contributed by atoms with Crippen LogP contribution in [0.3, 0.4) is 0 Å². The van der Waals surface area contributed by atoms with Crippen LogP contribution in [-0.4, -0.2) is 48.8 Å². The molecule has 0 saturated carbocycles. The molecule has 2 N–H and O–H groups in total. The lowest BCUT2D eigenvalue weighted by molar-refractivity contribution is 0.138. The molecule has 3 heteroatoms. The van der Waals surface area contributed by atoms with Gasteiger partial charge in [0, 0.05) is 26.2 Å². The van der Waals surface area contributed by atoms with Crippen LogP contribution in [0.5, 0.6) is 0 Å². The molecule has 1 atom stereocenters. The largest absolute Gasteiger partial charge is 0.394 e. The molecule has 1 heterocycles. The summed E-state index contributed by atoms with van der Waals surface area (Å²) in [7, 11) is 0. The maximum absolute atomic E-state index is 8.94. The molecule has 64 valence electrons. The summed E-state index contributed by atoms with van der Waals surface area (Å²) in [6.45, 7) is 7.93. The maximum Gasteiger partial charge on any atom is 0.0622 e. The van der Waals surface area contributed by atoms with Gasteiger partial charge in [0.05, 0.1) is 12.6 Å². The van der Waals surface area contributed by atoms with Gasteiger partial charge in [0.25, 0.3) is 0 Å². The summed E-state index contributed by atoms with van der Waals surface area (Å²) in [5.41, 5.74) is 0. The van der Waals surface area contributed by atoms with Gasteiger partial charge in [0.1, 0.15) is 0 Å². The third-order valence-corrected chi connectivity index (χ3v) is 2.08. The maximum atomic E-state index is 8.94. The Morgan fingerprint density at radius 1 is 1.55 bits per heavy atom. The average molecular weight is 156 g/mol. The van der Waals surface area contributed by atoms with Crippen LogP contribution in [0.1, 0.15) is 0 Å². The van der Waals surface area contributed by atoms with E-state index in [0.717, 1.165) is 26.2 Å². The first-order chi connectivity index (χ1) is 5.38. The monoisotopic (exact) mass is 156 g/mol. The lowest BCUT2D eigenvalue weighted by atomic mass is 10.2. The summed E-state index contributed by atoms with van der Waals surface area (Å²) >= 11 is 0. The van der Waals surface area contributed by atoms with Crippen LogP contribution in [-0.2, 0) is 0 Å². The lowest BCUT2D eigenvalue weighted by Gasteiger charge is -2.31. The van der Waals surface area contributed by atoms with Gasteiger partial charge in [0.15, 0.2) is 0 Å². The molecule has 1 rings (SSSR count). The minimum absolute atomic E-state index is 0.150. The standard InChI is InChI=1S/C8H16N2O/c1-2-8(7-11)10-5-3-9-4-6-10/h2,8-9,11H,1,3-7H2. The van der Waals surface area contributed by atoms with Gasteiger partial charge in [-0.2, -0.15) is 0 Å². The zero-order valence-electron chi connectivity index (χ0n) is 6.79. The first-order valence-electron chi connectivity index (χ1n) is 4.06. The molecule has 0 amide bonds. The Morgan fingerprint density at radius 3 is 2.64 bits per heavy atom. The summed E-state index contributed by atoms with van der Waals surface area (Å²) in [6.07, 6.45) is 1.81. The van der Waals surface area contributed by atoms with Gasteiger partial charge in [-0.05, 0) is 0 Å². The Labute approximate surface area is 67.7 Å². The zero-order chi connectivity index (χ0) is 8.10. The van der Waals surface area contributed by atoms with E-state index in [1.165, 1.54) is 0 Å². The Bertz CT molecular complexity index is 121. The van der Waals surface area contributed by atoms with Crippen LogP contribution in [0.15, 0.2) is 12.7 Å². The van der Waals surface area contributed by atoms with Crippen molar-refractivity contribution < 1.29 is 5.11 Å². The van der Waals surface area contributed by atoms with Crippen LogP contribution in [0.4, 0.5) is 0 Å². The number of aliphatic hydroxyl groups excluding tert-OH is 1. The zero-order valence-corrected chi connectivity index (χ0v) is 6.79. The van der Waals surface area contributed by atoms with E-state index in [1.807, 2.05) is 6.08 Å². The normalized spacial score (nSPS) is 23.0. The van der Waals surface area contributed by atoms with E-state index < -0.39 is 0 Å². The Kier molecular flexibility index (Phi) is 3.56. The van der Waals surface area contributed by atoms with Crippen LogP contribution in [0.25, 0.3) is 0 Å². The molecule has 1 fully saturated rings.